The molecule has 4 aromatic carbocycles. The van der Waals surface area contributed by atoms with Crippen LogP contribution >= 0.6 is 0 Å². The van der Waals surface area contributed by atoms with Crippen LogP contribution in [0.3, 0.4) is 0 Å². The van der Waals surface area contributed by atoms with E-state index in [1.165, 1.54) is 12.1 Å². The Labute approximate surface area is 192 Å². The molecule has 164 valence electrons. The lowest BCUT2D eigenvalue weighted by atomic mass is 10.1. The Morgan fingerprint density at radius 1 is 0.727 bits per heavy atom. The van der Waals surface area contributed by atoms with Gasteiger partial charge in [0, 0.05) is 16.9 Å². The van der Waals surface area contributed by atoms with E-state index in [0.717, 1.165) is 16.8 Å². The molecule has 0 aromatic heterocycles. The molecule has 4 aromatic rings. The standard InChI is InChI=1S/C28H23FN2O2/c29-24-12-7-13-25(19-24)30-27(32)18-21-14-16-26(17-15-21)31(20-22-8-3-1-4-9-22)28(33)23-10-5-2-6-11-23/h1-17,19H,18,20H2,(H,30,32). The van der Waals surface area contributed by atoms with Crippen LogP contribution in [-0.4, -0.2) is 11.8 Å². The van der Waals surface area contributed by atoms with Crippen molar-refractivity contribution in [3.05, 3.63) is 132 Å². The zero-order chi connectivity index (χ0) is 23.0. The molecule has 0 saturated carbocycles. The maximum atomic E-state index is 13.3. The molecule has 0 aliphatic carbocycles. The molecule has 33 heavy (non-hydrogen) atoms. The van der Waals surface area contributed by atoms with Crippen molar-refractivity contribution in [1.29, 1.82) is 0 Å². The number of halogens is 1. The van der Waals surface area contributed by atoms with Crippen LogP contribution < -0.4 is 10.2 Å². The van der Waals surface area contributed by atoms with Gasteiger partial charge < -0.3 is 10.2 Å². The molecule has 0 aliphatic rings. The summed E-state index contributed by atoms with van der Waals surface area (Å²) >= 11 is 0. The van der Waals surface area contributed by atoms with Gasteiger partial charge in [-0.3, -0.25) is 9.59 Å². The molecule has 4 nitrogen and oxygen atoms in total. The van der Waals surface area contributed by atoms with Crippen molar-refractivity contribution in [2.75, 3.05) is 10.2 Å². The minimum Gasteiger partial charge on any atom is -0.326 e. The summed E-state index contributed by atoms with van der Waals surface area (Å²) < 4.78 is 13.3. The van der Waals surface area contributed by atoms with E-state index >= 15 is 0 Å². The largest absolute Gasteiger partial charge is 0.326 e. The highest BCUT2D eigenvalue weighted by Crippen LogP contribution is 2.22. The van der Waals surface area contributed by atoms with Crippen LogP contribution in [0.2, 0.25) is 0 Å². The van der Waals surface area contributed by atoms with Gasteiger partial charge in [0.2, 0.25) is 5.91 Å². The van der Waals surface area contributed by atoms with E-state index in [2.05, 4.69) is 5.32 Å². The number of nitrogens with one attached hydrogen (secondary N) is 1. The van der Waals surface area contributed by atoms with Gasteiger partial charge in [-0.15, -0.1) is 0 Å². The summed E-state index contributed by atoms with van der Waals surface area (Å²) in [5.41, 5.74) is 3.56. The predicted molar refractivity (Wildman–Crippen MR) is 129 cm³/mol. The first kappa shape index (κ1) is 22.0. The highest BCUT2D eigenvalue weighted by Gasteiger charge is 2.18. The third kappa shape index (κ3) is 5.92. The van der Waals surface area contributed by atoms with E-state index in [-0.39, 0.29) is 18.2 Å². The normalized spacial score (nSPS) is 10.5. The monoisotopic (exact) mass is 438 g/mol. The first-order chi connectivity index (χ1) is 16.1. The van der Waals surface area contributed by atoms with E-state index in [4.69, 9.17) is 0 Å². The second-order valence-electron chi connectivity index (χ2n) is 7.64. The lowest BCUT2D eigenvalue weighted by Crippen LogP contribution is -2.30. The first-order valence-electron chi connectivity index (χ1n) is 10.6. The Morgan fingerprint density at radius 2 is 1.39 bits per heavy atom. The van der Waals surface area contributed by atoms with Crippen molar-refractivity contribution in [2.24, 2.45) is 0 Å². The summed E-state index contributed by atoms with van der Waals surface area (Å²) in [5.74, 6) is -0.746. The molecule has 0 radical (unpaired) electrons. The molecular formula is C28H23FN2O2. The zero-order valence-electron chi connectivity index (χ0n) is 17.9. The van der Waals surface area contributed by atoms with Gasteiger partial charge in [-0.2, -0.15) is 0 Å². The van der Waals surface area contributed by atoms with Crippen molar-refractivity contribution in [1.82, 2.24) is 0 Å². The fourth-order valence-corrected chi connectivity index (χ4v) is 3.53. The topological polar surface area (TPSA) is 49.4 Å². The number of carbonyl (C=O) groups is 2. The van der Waals surface area contributed by atoms with E-state index in [9.17, 15) is 14.0 Å². The molecule has 0 unspecified atom stereocenters. The molecule has 0 heterocycles. The van der Waals surface area contributed by atoms with Crippen LogP contribution in [0.15, 0.2) is 109 Å². The van der Waals surface area contributed by atoms with Crippen LogP contribution in [-0.2, 0) is 17.8 Å². The minimum absolute atomic E-state index is 0.101. The van der Waals surface area contributed by atoms with Crippen LogP contribution in [0.25, 0.3) is 0 Å². The molecule has 4 rings (SSSR count). The second kappa shape index (κ2) is 10.4. The van der Waals surface area contributed by atoms with E-state index in [1.807, 2.05) is 72.8 Å². The molecule has 0 saturated heterocycles. The Bertz CT molecular complexity index is 1230. The molecule has 5 heteroatoms. The van der Waals surface area contributed by atoms with E-state index < -0.39 is 5.82 Å². The summed E-state index contributed by atoms with van der Waals surface area (Å²) in [7, 11) is 0. The molecule has 1 N–H and O–H groups in total. The lowest BCUT2D eigenvalue weighted by Gasteiger charge is -2.23. The summed E-state index contributed by atoms with van der Waals surface area (Å²) in [6, 6.07) is 32.1. The lowest BCUT2D eigenvalue weighted by molar-refractivity contribution is -0.115. The number of carbonyl (C=O) groups excluding carboxylic acids is 2. The summed E-state index contributed by atoms with van der Waals surface area (Å²) in [5, 5.41) is 2.70. The SMILES string of the molecule is O=C(Cc1ccc(N(Cc2ccccc2)C(=O)c2ccccc2)cc1)Nc1cccc(F)c1. The van der Waals surface area contributed by atoms with Crippen LogP contribution in [0.5, 0.6) is 0 Å². The van der Waals surface area contributed by atoms with Gasteiger partial charge in [-0.1, -0.05) is 66.7 Å². The van der Waals surface area contributed by atoms with Gasteiger partial charge in [0.15, 0.2) is 0 Å². The smallest absolute Gasteiger partial charge is 0.258 e. The third-order valence-electron chi connectivity index (χ3n) is 5.17. The van der Waals surface area contributed by atoms with Gasteiger partial charge in [0.1, 0.15) is 5.82 Å². The quantitative estimate of drug-likeness (QED) is 0.393. The Balaban J connectivity index is 1.51. The highest BCUT2D eigenvalue weighted by atomic mass is 19.1. The van der Waals surface area contributed by atoms with Crippen molar-refractivity contribution < 1.29 is 14.0 Å². The molecule has 0 bridgehead atoms. The Hall–Kier alpha value is -4.25. The number of anilines is 2. The number of rotatable bonds is 7. The van der Waals surface area contributed by atoms with Gasteiger partial charge in [0.25, 0.3) is 5.91 Å². The van der Waals surface area contributed by atoms with Crippen molar-refractivity contribution in [2.45, 2.75) is 13.0 Å². The molecule has 0 aliphatic heterocycles. The summed E-state index contributed by atoms with van der Waals surface area (Å²) in [4.78, 5) is 27.3. The second-order valence-corrected chi connectivity index (χ2v) is 7.64. The van der Waals surface area contributed by atoms with Crippen molar-refractivity contribution >= 4 is 23.2 Å². The first-order valence-corrected chi connectivity index (χ1v) is 10.6. The molecule has 0 fully saturated rings. The van der Waals surface area contributed by atoms with Crippen LogP contribution in [0.1, 0.15) is 21.5 Å². The number of benzene rings is 4. The predicted octanol–water partition coefficient (Wildman–Crippen LogP) is 5.85. The van der Waals surface area contributed by atoms with Crippen molar-refractivity contribution in [3.8, 4) is 0 Å². The van der Waals surface area contributed by atoms with E-state index in [1.54, 1.807) is 29.2 Å². The number of hydrogen-bond acceptors (Lipinski definition) is 2. The summed E-state index contributed by atoms with van der Waals surface area (Å²) in [6.07, 6.45) is 0.141. The van der Waals surface area contributed by atoms with Gasteiger partial charge in [0.05, 0.1) is 13.0 Å². The molecule has 2 amide bonds. The van der Waals surface area contributed by atoms with Gasteiger partial charge >= 0.3 is 0 Å². The van der Waals surface area contributed by atoms with Crippen LogP contribution in [0, 0.1) is 5.82 Å². The minimum atomic E-state index is -0.404. The maximum absolute atomic E-state index is 13.3. The fourth-order valence-electron chi connectivity index (χ4n) is 3.53. The van der Waals surface area contributed by atoms with Gasteiger partial charge in [-0.05, 0) is 53.6 Å². The Morgan fingerprint density at radius 3 is 2.06 bits per heavy atom. The Kier molecular flexibility index (Phi) is 6.90. The van der Waals surface area contributed by atoms with Crippen LogP contribution in [0.4, 0.5) is 15.8 Å². The number of amides is 2. The van der Waals surface area contributed by atoms with Gasteiger partial charge in [-0.25, -0.2) is 4.39 Å². The zero-order valence-corrected chi connectivity index (χ0v) is 17.9. The fraction of sp³-hybridized carbons (Fsp3) is 0.0714. The maximum Gasteiger partial charge on any atom is 0.258 e. The average molecular weight is 439 g/mol. The molecular weight excluding hydrogens is 415 g/mol. The number of hydrogen-bond donors (Lipinski definition) is 1. The highest BCUT2D eigenvalue weighted by molar-refractivity contribution is 6.06. The molecule has 0 atom stereocenters. The average Bonchev–Trinajstić information content (AvgIpc) is 2.84. The number of nitrogens with zero attached hydrogens (tertiary/aromatic N) is 1. The molecule has 0 spiro atoms. The van der Waals surface area contributed by atoms with E-state index in [0.29, 0.717) is 17.8 Å². The third-order valence-corrected chi connectivity index (χ3v) is 5.17. The summed E-state index contributed by atoms with van der Waals surface area (Å²) in [6.45, 7) is 0.425. The van der Waals surface area contributed by atoms with Crippen molar-refractivity contribution in [3.63, 3.8) is 0 Å².